The van der Waals surface area contributed by atoms with Gasteiger partial charge in [-0.05, 0) is 36.6 Å². The van der Waals surface area contributed by atoms with E-state index in [0.717, 1.165) is 36.3 Å². The molecule has 0 aliphatic carbocycles. The van der Waals surface area contributed by atoms with Crippen molar-refractivity contribution in [3.63, 3.8) is 0 Å². The van der Waals surface area contributed by atoms with Gasteiger partial charge in [0, 0.05) is 24.7 Å². The second-order valence-electron chi connectivity index (χ2n) is 4.81. The Morgan fingerprint density at radius 3 is 2.74 bits per heavy atom. The van der Waals surface area contributed by atoms with Crippen LogP contribution in [0.25, 0.3) is 11.3 Å². The highest BCUT2D eigenvalue weighted by Crippen LogP contribution is 2.20. The van der Waals surface area contributed by atoms with E-state index in [1.54, 1.807) is 0 Å². The fourth-order valence-electron chi connectivity index (χ4n) is 2.10. The largest absolute Gasteiger partial charge is 0.326 e. The maximum atomic E-state index is 5.69. The lowest BCUT2D eigenvalue weighted by Crippen LogP contribution is -2.00. The smallest absolute Gasteiger partial charge is 0.128 e. The van der Waals surface area contributed by atoms with E-state index in [1.807, 2.05) is 12.3 Å². The summed E-state index contributed by atoms with van der Waals surface area (Å²) in [5.41, 5.74) is 10.2. The molecular formula is C16H21N3. The predicted octanol–water partition coefficient (Wildman–Crippen LogP) is 3.25. The molecule has 1 aromatic carbocycles. The van der Waals surface area contributed by atoms with Crippen molar-refractivity contribution in [2.24, 2.45) is 5.73 Å². The van der Waals surface area contributed by atoms with Crippen molar-refractivity contribution in [2.75, 3.05) is 0 Å². The molecule has 0 bridgehead atoms. The minimum atomic E-state index is 0.581. The lowest BCUT2D eigenvalue weighted by Gasteiger charge is -2.07. The molecule has 1 aromatic heterocycles. The number of unbranched alkanes of at least 4 members (excludes halogenated alkanes) is 1. The first-order valence-corrected chi connectivity index (χ1v) is 6.86. The summed E-state index contributed by atoms with van der Waals surface area (Å²) >= 11 is 0. The van der Waals surface area contributed by atoms with Gasteiger partial charge in [0.25, 0.3) is 0 Å². The zero-order valence-corrected chi connectivity index (χ0v) is 11.7. The van der Waals surface area contributed by atoms with Gasteiger partial charge in [-0.15, -0.1) is 0 Å². The van der Waals surface area contributed by atoms with Crippen LogP contribution in [-0.4, -0.2) is 9.97 Å². The van der Waals surface area contributed by atoms with Crippen LogP contribution in [0.5, 0.6) is 0 Å². The second kappa shape index (κ2) is 6.43. The molecule has 3 heteroatoms. The topological polar surface area (TPSA) is 51.8 Å². The Morgan fingerprint density at radius 1 is 1.21 bits per heavy atom. The molecule has 0 saturated carbocycles. The fourth-order valence-corrected chi connectivity index (χ4v) is 2.10. The van der Waals surface area contributed by atoms with Crippen molar-refractivity contribution < 1.29 is 0 Å². The Labute approximate surface area is 114 Å². The predicted molar refractivity (Wildman–Crippen MR) is 78.7 cm³/mol. The lowest BCUT2D eigenvalue weighted by atomic mass is 10.0. The highest BCUT2D eigenvalue weighted by atomic mass is 14.9. The molecule has 19 heavy (non-hydrogen) atoms. The number of nitrogens with zero attached hydrogens (tertiary/aromatic N) is 2. The standard InChI is InChI=1S/C16H21N3/c1-3-4-5-16-18-9-8-15(19-16)13-6-7-14(11-17)12(2)10-13/h6-10H,3-5,11,17H2,1-2H3. The molecule has 0 fully saturated rings. The van der Waals surface area contributed by atoms with Gasteiger partial charge in [-0.25, -0.2) is 9.97 Å². The quantitative estimate of drug-likeness (QED) is 0.892. The third kappa shape index (κ3) is 3.38. The first-order valence-electron chi connectivity index (χ1n) is 6.86. The minimum absolute atomic E-state index is 0.581. The molecule has 100 valence electrons. The molecule has 0 saturated heterocycles. The van der Waals surface area contributed by atoms with Gasteiger partial charge in [0.1, 0.15) is 5.82 Å². The van der Waals surface area contributed by atoms with E-state index < -0.39 is 0 Å². The Balaban J connectivity index is 2.28. The summed E-state index contributed by atoms with van der Waals surface area (Å²) in [6.45, 7) is 4.85. The summed E-state index contributed by atoms with van der Waals surface area (Å²) < 4.78 is 0. The van der Waals surface area contributed by atoms with Gasteiger partial charge in [0.05, 0.1) is 5.69 Å². The van der Waals surface area contributed by atoms with Crippen LogP contribution < -0.4 is 5.73 Å². The molecule has 0 aliphatic rings. The molecule has 0 unspecified atom stereocenters. The van der Waals surface area contributed by atoms with Crippen molar-refractivity contribution in [1.29, 1.82) is 0 Å². The van der Waals surface area contributed by atoms with Crippen molar-refractivity contribution in [3.05, 3.63) is 47.4 Å². The Kier molecular flexibility index (Phi) is 4.63. The summed E-state index contributed by atoms with van der Waals surface area (Å²) in [6.07, 6.45) is 5.09. The van der Waals surface area contributed by atoms with Gasteiger partial charge in [-0.2, -0.15) is 0 Å². The number of benzene rings is 1. The third-order valence-electron chi connectivity index (χ3n) is 3.32. The summed E-state index contributed by atoms with van der Waals surface area (Å²) in [6, 6.07) is 8.28. The van der Waals surface area contributed by atoms with Gasteiger partial charge in [0.2, 0.25) is 0 Å². The number of aromatic nitrogens is 2. The first kappa shape index (κ1) is 13.7. The summed E-state index contributed by atoms with van der Waals surface area (Å²) in [7, 11) is 0. The summed E-state index contributed by atoms with van der Waals surface area (Å²) in [5.74, 6) is 0.930. The van der Waals surface area contributed by atoms with Crippen LogP contribution in [-0.2, 0) is 13.0 Å². The minimum Gasteiger partial charge on any atom is -0.326 e. The van der Waals surface area contributed by atoms with Crippen molar-refractivity contribution in [3.8, 4) is 11.3 Å². The average Bonchev–Trinajstić information content (AvgIpc) is 2.45. The van der Waals surface area contributed by atoms with E-state index in [9.17, 15) is 0 Å². The Bertz CT molecular complexity index is 549. The molecule has 0 amide bonds. The molecular weight excluding hydrogens is 234 g/mol. The molecule has 0 atom stereocenters. The molecule has 2 rings (SSSR count). The zero-order valence-electron chi connectivity index (χ0n) is 11.7. The maximum Gasteiger partial charge on any atom is 0.128 e. The van der Waals surface area contributed by atoms with Crippen LogP contribution in [0.2, 0.25) is 0 Å². The second-order valence-corrected chi connectivity index (χ2v) is 4.81. The number of hydrogen-bond donors (Lipinski definition) is 1. The molecule has 2 N–H and O–H groups in total. The Hall–Kier alpha value is -1.74. The van der Waals surface area contributed by atoms with E-state index in [1.165, 1.54) is 11.1 Å². The summed E-state index contributed by atoms with van der Waals surface area (Å²) in [5, 5.41) is 0. The van der Waals surface area contributed by atoms with E-state index in [0.29, 0.717) is 6.54 Å². The number of nitrogens with two attached hydrogens (primary N) is 1. The first-order chi connectivity index (χ1) is 9.24. The molecule has 2 aromatic rings. The highest BCUT2D eigenvalue weighted by Gasteiger charge is 2.04. The van der Waals surface area contributed by atoms with Gasteiger partial charge in [-0.1, -0.05) is 25.5 Å². The van der Waals surface area contributed by atoms with Crippen LogP contribution in [0.1, 0.15) is 36.7 Å². The lowest BCUT2D eigenvalue weighted by molar-refractivity contribution is 0.753. The van der Waals surface area contributed by atoms with Gasteiger partial charge < -0.3 is 5.73 Å². The van der Waals surface area contributed by atoms with Crippen molar-refractivity contribution >= 4 is 0 Å². The van der Waals surface area contributed by atoms with E-state index in [4.69, 9.17) is 5.73 Å². The highest BCUT2D eigenvalue weighted by molar-refractivity contribution is 5.60. The van der Waals surface area contributed by atoms with Gasteiger partial charge >= 0.3 is 0 Å². The maximum absolute atomic E-state index is 5.69. The van der Waals surface area contributed by atoms with Crippen molar-refractivity contribution in [2.45, 2.75) is 39.7 Å². The molecule has 0 spiro atoms. The Morgan fingerprint density at radius 2 is 2.05 bits per heavy atom. The van der Waals surface area contributed by atoms with Crippen LogP contribution >= 0.6 is 0 Å². The monoisotopic (exact) mass is 255 g/mol. The fraction of sp³-hybridized carbons (Fsp3) is 0.375. The van der Waals surface area contributed by atoms with E-state index in [2.05, 4.69) is 42.0 Å². The van der Waals surface area contributed by atoms with Crippen LogP contribution in [0, 0.1) is 6.92 Å². The molecule has 3 nitrogen and oxygen atoms in total. The molecule has 1 heterocycles. The number of hydrogen-bond acceptors (Lipinski definition) is 3. The normalized spacial score (nSPS) is 10.7. The van der Waals surface area contributed by atoms with Crippen LogP contribution in [0.4, 0.5) is 0 Å². The zero-order chi connectivity index (χ0) is 13.7. The summed E-state index contributed by atoms with van der Waals surface area (Å²) in [4.78, 5) is 8.96. The van der Waals surface area contributed by atoms with Gasteiger partial charge in [0.15, 0.2) is 0 Å². The van der Waals surface area contributed by atoms with Crippen molar-refractivity contribution in [1.82, 2.24) is 9.97 Å². The number of aryl methyl sites for hydroxylation is 2. The van der Waals surface area contributed by atoms with E-state index >= 15 is 0 Å². The SMILES string of the molecule is CCCCc1nccc(-c2ccc(CN)c(C)c2)n1. The van der Waals surface area contributed by atoms with Crippen LogP contribution in [0.3, 0.4) is 0 Å². The number of rotatable bonds is 5. The van der Waals surface area contributed by atoms with Crippen LogP contribution in [0.15, 0.2) is 30.5 Å². The third-order valence-corrected chi connectivity index (χ3v) is 3.32. The van der Waals surface area contributed by atoms with E-state index in [-0.39, 0.29) is 0 Å². The average molecular weight is 255 g/mol. The molecule has 0 aliphatic heterocycles. The molecule has 0 radical (unpaired) electrons. The van der Waals surface area contributed by atoms with Gasteiger partial charge in [-0.3, -0.25) is 0 Å².